The van der Waals surface area contributed by atoms with Crippen LogP contribution in [0.15, 0.2) is 53.6 Å². The minimum atomic E-state index is -0.435. The molecule has 3 aromatic rings. The van der Waals surface area contributed by atoms with Crippen molar-refractivity contribution in [3.05, 3.63) is 63.8 Å². The fourth-order valence-electron chi connectivity index (χ4n) is 1.68. The zero-order chi connectivity index (χ0) is 16.1. The molecule has 0 amide bonds. The highest BCUT2D eigenvalue weighted by Crippen LogP contribution is 2.26. The summed E-state index contributed by atoms with van der Waals surface area (Å²) in [6.07, 6.45) is 1.71. The minimum absolute atomic E-state index is 0.0541. The maximum absolute atomic E-state index is 10.6. The molecule has 116 valence electrons. The third-order valence-corrected chi connectivity index (χ3v) is 4.36. The second-order valence-electron chi connectivity index (χ2n) is 4.31. The van der Waals surface area contributed by atoms with E-state index in [1.165, 1.54) is 23.5 Å². The molecule has 2 heterocycles. The number of pyridine rings is 1. The van der Waals surface area contributed by atoms with Gasteiger partial charge in [-0.2, -0.15) is 0 Å². The number of aromatic nitrogens is 3. The average molecular weight is 346 g/mol. The monoisotopic (exact) mass is 346 g/mol. The molecule has 0 atom stereocenters. The van der Waals surface area contributed by atoms with Crippen molar-refractivity contribution in [3.63, 3.8) is 0 Å². The lowest BCUT2D eigenvalue weighted by atomic mass is 10.3. The van der Waals surface area contributed by atoms with Crippen LogP contribution in [0.3, 0.4) is 0 Å². The van der Waals surface area contributed by atoms with Gasteiger partial charge in [0.15, 0.2) is 5.01 Å². The minimum Gasteiger partial charge on any atom is -0.303 e. The van der Waals surface area contributed by atoms with E-state index in [-0.39, 0.29) is 5.69 Å². The normalized spacial score (nSPS) is 10.6. The Balaban J connectivity index is 1.55. The predicted molar refractivity (Wildman–Crippen MR) is 86.9 cm³/mol. The van der Waals surface area contributed by atoms with Crippen molar-refractivity contribution in [3.8, 4) is 10.7 Å². The van der Waals surface area contributed by atoms with Crippen LogP contribution < -0.4 is 0 Å². The summed E-state index contributed by atoms with van der Waals surface area (Å²) >= 11 is 2.56. The van der Waals surface area contributed by atoms with E-state index >= 15 is 0 Å². The Morgan fingerprint density at radius 2 is 2.00 bits per heavy atom. The second-order valence-corrected chi connectivity index (χ2v) is 6.25. The van der Waals surface area contributed by atoms with Crippen molar-refractivity contribution in [1.29, 1.82) is 0 Å². The highest BCUT2D eigenvalue weighted by atomic mass is 32.2. The first-order valence-electron chi connectivity index (χ1n) is 6.50. The second kappa shape index (κ2) is 7.27. The lowest BCUT2D eigenvalue weighted by Crippen LogP contribution is -1.87. The van der Waals surface area contributed by atoms with Gasteiger partial charge in [-0.15, -0.1) is 10.2 Å². The molecule has 0 saturated carbocycles. The fraction of sp³-hybridized carbons (Fsp3) is 0.0714. The van der Waals surface area contributed by atoms with E-state index in [4.69, 9.17) is 4.18 Å². The molecule has 23 heavy (non-hydrogen) atoms. The van der Waals surface area contributed by atoms with E-state index in [1.54, 1.807) is 18.3 Å². The highest BCUT2D eigenvalue weighted by molar-refractivity contribution is 7.94. The third kappa shape index (κ3) is 4.09. The molecule has 0 radical (unpaired) electrons. The van der Waals surface area contributed by atoms with E-state index in [2.05, 4.69) is 15.2 Å². The number of nitro groups is 1. The molecule has 9 heteroatoms. The molecule has 0 aliphatic carbocycles. The van der Waals surface area contributed by atoms with Gasteiger partial charge >= 0.3 is 0 Å². The van der Waals surface area contributed by atoms with Crippen LogP contribution >= 0.6 is 23.4 Å². The lowest BCUT2D eigenvalue weighted by Gasteiger charge is -1.99. The van der Waals surface area contributed by atoms with Crippen molar-refractivity contribution in [2.24, 2.45) is 0 Å². The molecule has 0 aliphatic heterocycles. The van der Waals surface area contributed by atoms with Gasteiger partial charge in [0.25, 0.3) is 5.69 Å². The quantitative estimate of drug-likeness (QED) is 0.381. The van der Waals surface area contributed by atoms with Crippen LogP contribution in [0.1, 0.15) is 5.01 Å². The first-order valence-corrected chi connectivity index (χ1v) is 8.06. The van der Waals surface area contributed by atoms with E-state index in [9.17, 15) is 10.1 Å². The zero-order valence-corrected chi connectivity index (χ0v) is 13.3. The van der Waals surface area contributed by atoms with Gasteiger partial charge in [-0.05, 0) is 24.3 Å². The molecule has 0 N–H and O–H groups in total. The van der Waals surface area contributed by atoms with Gasteiger partial charge in [0.2, 0.25) is 0 Å². The van der Waals surface area contributed by atoms with Gasteiger partial charge < -0.3 is 4.18 Å². The van der Waals surface area contributed by atoms with E-state index < -0.39 is 4.92 Å². The lowest BCUT2D eigenvalue weighted by molar-refractivity contribution is -0.384. The Morgan fingerprint density at radius 1 is 1.17 bits per heavy atom. The summed E-state index contributed by atoms with van der Waals surface area (Å²) in [6, 6.07) is 11.8. The summed E-state index contributed by atoms with van der Waals surface area (Å²) in [5.74, 6) is 0. The highest BCUT2D eigenvalue weighted by Gasteiger charge is 2.08. The van der Waals surface area contributed by atoms with E-state index in [0.29, 0.717) is 6.61 Å². The largest absolute Gasteiger partial charge is 0.303 e. The van der Waals surface area contributed by atoms with Crippen LogP contribution in [0.5, 0.6) is 0 Å². The van der Waals surface area contributed by atoms with Crippen LogP contribution in [0.25, 0.3) is 10.7 Å². The van der Waals surface area contributed by atoms with Gasteiger partial charge in [-0.3, -0.25) is 15.1 Å². The first-order chi connectivity index (χ1) is 11.2. The van der Waals surface area contributed by atoms with Crippen LogP contribution in [0, 0.1) is 10.1 Å². The molecular weight excluding hydrogens is 336 g/mol. The molecule has 1 aromatic carbocycles. The van der Waals surface area contributed by atoms with Gasteiger partial charge in [-0.25, -0.2) is 0 Å². The Hall–Kier alpha value is -2.36. The predicted octanol–water partition coefficient (Wildman–Crippen LogP) is 3.73. The van der Waals surface area contributed by atoms with Crippen LogP contribution in [0.2, 0.25) is 0 Å². The van der Waals surface area contributed by atoms with Gasteiger partial charge in [0, 0.05) is 35.3 Å². The molecule has 0 fully saturated rings. The van der Waals surface area contributed by atoms with Crippen molar-refractivity contribution in [2.75, 3.05) is 0 Å². The molecule has 0 spiro atoms. The Labute approximate surface area is 139 Å². The topological polar surface area (TPSA) is 91.0 Å². The number of nitrogens with zero attached hydrogens (tertiary/aromatic N) is 4. The number of hydrogen-bond donors (Lipinski definition) is 0. The average Bonchev–Trinajstić information content (AvgIpc) is 3.05. The summed E-state index contributed by atoms with van der Waals surface area (Å²) in [5.41, 5.74) is 0.831. The maximum atomic E-state index is 10.6. The number of hydrogen-bond acceptors (Lipinski definition) is 8. The molecule has 3 rings (SSSR count). The summed E-state index contributed by atoms with van der Waals surface area (Å²) in [4.78, 5) is 15.1. The Kier molecular flexibility index (Phi) is 4.91. The smallest absolute Gasteiger partial charge is 0.269 e. The molecule has 0 saturated heterocycles. The first kappa shape index (κ1) is 15.5. The van der Waals surface area contributed by atoms with Gasteiger partial charge in [0.1, 0.15) is 17.3 Å². The molecule has 0 bridgehead atoms. The summed E-state index contributed by atoms with van der Waals surface area (Å²) in [6.45, 7) is 0.298. The number of nitro benzene ring substituents is 1. The number of rotatable bonds is 6. The molecule has 7 nitrogen and oxygen atoms in total. The van der Waals surface area contributed by atoms with Crippen molar-refractivity contribution in [1.82, 2.24) is 15.2 Å². The Morgan fingerprint density at radius 3 is 2.70 bits per heavy atom. The molecular formula is C14H10N4O3S2. The Bertz CT molecular complexity index is 793. The molecule has 2 aromatic heterocycles. The van der Waals surface area contributed by atoms with E-state index in [1.807, 2.05) is 18.2 Å². The maximum Gasteiger partial charge on any atom is 0.269 e. The summed E-state index contributed by atoms with van der Waals surface area (Å²) < 4.78 is 5.49. The van der Waals surface area contributed by atoms with Crippen molar-refractivity contribution < 1.29 is 9.11 Å². The standard InChI is InChI=1S/C14H10N4O3S2/c19-18(20)10-4-6-11(7-5-10)23-21-9-13-16-17-14(22-13)12-3-1-2-8-15-12/h1-8H,9H2. The zero-order valence-electron chi connectivity index (χ0n) is 11.7. The molecule has 0 unspecified atom stereocenters. The van der Waals surface area contributed by atoms with Crippen LogP contribution in [-0.4, -0.2) is 20.1 Å². The number of non-ortho nitro benzene ring substituents is 1. The number of benzene rings is 1. The van der Waals surface area contributed by atoms with Gasteiger partial charge in [-0.1, -0.05) is 17.4 Å². The SMILES string of the molecule is O=[N+]([O-])c1ccc(SOCc2nnc(-c3ccccn3)s2)cc1. The molecule has 0 aliphatic rings. The van der Waals surface area contributed by atoms with Crippen molar-refractivity contribution in [2.45, 2.75) is 11.5 Å². The summed E-state index contributed by atoms with van der Waals surface area (Å²) in [7, 11) is 0. The van der Waals surface area contributed by atoms with E-state index in [0.717, 1.165) is 32.6 Å². The van der Waals surface area contributed by atoms with Crippen molar-refractivity contribution >= 4 is 29.1 Å². The fourth-order valence-corrected chi connectivity index (χ4v) is 3.03. The van der Waals surface area contributed by atoms with Gasteiger partial charge in [0.05, 0.1) is 4.92 Å². The third-order valence-electron chi connectivity index (χ3n) is 2.74. The van der Waals surface area contributed by atoms with Crippen LogP contribution in [0.4, 0.5) is 5.69 Å². The summed E-state index contributed by atoms with van der Waals surface area (Å²) in [5, 5.41) is 20.2. The van der Waals surface area contributed by atoms with Crippen LogP contribution in [-0.2, 0) is 10.8 Å².